The molecule has 2 aromatic heterocycles. The molecule has 1 aliphatic rings. The van der Waals surface area contributed by atoms with Crippen molar-refractivity contribution in [3.8, 4) is 0 Å². The number of Topliss-reactive ketones (excluding diaryl/α,β-unsaturated/α-hetero) is 1. The van der Waals surface area contributed by atoms with E-state index in [0.29, 0.717) is 37.3 Å². The van der Waals surface area contributed by atoms with Crippen LogP contribution in [0.25, 0.3) is 11.0 Å². The van der Waals surface area contributed by atoms with E-state index < -0.39 is 9.84 Å². The number of aryl methyl sites for hydroxylation is 1. The third kappa shape index (κ3) is 4.57. The number of nitrogens with zero attached hydrogens (tertiary/aromatic N) is 3. The number of carbonyl (C=O) groups is 1. The molecular weight excluding hydrogens is 452 g/mol. The lowest BCUT2D eigenvalue weighted by Crippen LogP contribution is -2.36. The molecule has 1 aliphatic heterocycles. The molecule has 5 rings (SSSR count). The Kier molecular flexibility index (Phi) is 6.12. The maximum atomic E-state index is 13.1. The summed E-state index contributed by atoms with van der Waals surface area (Å²) in [7, 11) is -3.62. The number of ketones is 1. The van der Waals surface area contributed by atoms with Gasteiger partial charge in [0.25, 0.3) is 0 Å². The number of carbonyl (C=O) groups excluding carboxylic acids is 1. The van der Waals surface area contributed by atoms with Gasteiger partial charge in [-0.2, -0.15) is 5.10 Å². The number of morpholine rings is 1. The predicted octanol–water partition coefficient (Wildman–Crippen LogP) is 3.44. The summed E-state index contributed by atoms with van der Waals surface area (Å²) in [5, 5.41) is 7.47. The number of H-pyrrole nitrogens is 1. The molecule has 0 bridgehead atoms. The third-order valence-electron chi connectivity index (χ3n) is 6.01. The van der Waals surface area contributed by atoms with Crippen molar-refractivity contribution in [1.29, 1.82) is 0 Å². The maximum absolute atomic E-state index is 13.1. The van der Waals surface area contributed by atoms with E-state index in [4.69, 9.17) is 4.74 Å². The van der Waals surface area contributed by atoms with Crippen molar-refractivity contribution < 1.29 is 17.9 Å². The van der Waals surface area contributed by atoms with Gasteiger partial charge in [-0.1, -0.05) is 12.1 Å². The highest BCUT2D eigenvalue weighted by Gasteiger charge is 2.19. The number of ether oxygens (including phenoxy) is 1. The van der Waals surface area contributed by atoms with Crippen molar-refractivity contribution in [1.82, 2.24) is 15.2 Å². The summed E-state index contributed by atoms with van der Waals surface area (Å²) in [5.41, 5.74) is 3.06. The molecule has 3 heterocycles. The van der Waals surface area contributed by atoms with Crippen molar-refractivity contribution in [2.45, 2.75) is 22.6 Å². The molecule has 0 unspecified atom stereocenters. The van der Waals surface area contributed by atoms with E-state index >= 15 is 0 Å². The van der Waals surface area contributed by atoms with Crippen LogP contribution >= 0.6 is 0 Å². The summed E-state index contributed by atoms with van der Waals surface area (Å²) in [4.78, 5) is 19.4. The highest BCUT2D eigenvalue weighted by Crippen LogP contribution is 2.25. The van der Waals surface area contributed by atoms with Crippen molar-refractivity contribution in [3.63, 3.8) is 0 Å². The van der Waals surface area contributed by atoms with Gasteiger partial charge in [-0.15, -0.1) is 0 Å². The first-order valence-electron chi connectivity index (χ1n) is 11.1. The molecule has 34 heavy (non-hydrogen) atoms. The monoisotopic (exact) mass is 476 g/mol. The zero-order valence-corrected chi connectivity index (χ0v) is 19.3. The molecule has 174 valence electrons. The van der Waals surface area contributed by atoms with Crippen LogP contribution in [0.2, 0.25) is 0 Å². The third-order valence-corrected chi connectivity index (χ3v) is 7.80. The number of benzene rings is 2. The molecule has 8 nitrogen and oxygen atoms in total. The number of rotatable bonds is 7. The second kappa shape index (κ2) is 9.36. The van der Waals surface area contributed by atoms with Gasteiger partial charge >= 0.3 is 0 Å². The number of anilines is 1. The Bertz CT molecular complexity index is 1410. The van der Waals surface area contributed by atoms with Crippen molar-refractivity contribution >= 4 is 32.3 Å². The summed E-state index contributed by atoms with van der Waals surface area (Å²) >= 11 is 0. The average molecular weight is 477 g/mol. The topological polar surface area (TPSA) is 105 Å². The molecule has 2 aromatic carbocycles. The number of aromatic nitrogens is 3. The Balaban J connectivity index is 1.24. The first-order chi connectivity index (χ1) is 16.5. The van der Waals surface area contributed by atoms with Crippen LogP contribution in [-0.4, -0.2) is 55.7 Å². The summed E-state index contributed by atoms with van der Waals surface area (Å²) in [5.74, 6) is -0.0207. The molecule has 4 aromatic rings. The normalized spacial score (nSPS) is 14.4. The van der Waals surface area contributed by atoms with Crippen LogP contribution in [0.4, 0.5) is 5.69 Å². The average Bonchev–Trinajstić information content (AvgIpc) is 3.36. The summed E-state index contributed by atoms with van der Waals surface area (Å²) < 4.78 is 31.5. The Morgan fingerprint density at radius 2 is 1.65 bits per heavy atom. The lowest BCUT2D eigenvalue weighted by Gasteiger charge is -2.28. The van der Waals surface area contributed by atoms with E-state index in [9.17, 15) is 13.2 Å². The van der Waals surface area contributed by atoms with Gasteiger partial charge in [0, 0.05) is 42.3 Å². The van der Waals surface area contributed by atoms with Crippen LogP contribution in [0.5, 0.6) is 0 Å². The quantitative estimate of drug-likeness (QED) is 0.407. The Morgan fingerprint density at radius 1 is 0.971 bits per heavy atom. The molecule has 1 saturated heterocycles. The van der Waals surface area contributed by atoms with Crippen LogP contribution in [0.3, 0.4) is 0 Å². The van der Waals surface area contributed by atoms with Crippen LogP contribution in [0.1, 0.15) is 22.3 Å². The Morgan fingerprint density at radius 3 is 2.35 bits per heavy atom. The molecule has 0 amide bonds. The van der Waals surface area contributed by atoms with E-state index in [2.05, 4.69) is 20.1 Å². The zero-order chi connectivity index (χ0) is 23.5. The maximum Gasteiger partial charge on any atom is 0.206 e. The molecule has 0 saturated carbocycles. The standard InChI is InChI=1S/C25H24N4O4S/c30-24(19-15-20-17-27-28-25(20)26-16-19)10-3-18-1-6-22(7-2-18)34(31,32)23-8-4-21(5-9-23)29-11-13-33-14-12-29/h1-2,4-9,15-17H,3,10-14H2,(H,26,27,28). The first-order valence-corrected chi connectivity index (χ1v) is 12.6. The minimum atomic E-state index is -3.62. The SMILES string of the molecule is O=C(CCc1ccc(S(=O)(=O)c2ccc(N3CCOCC3)cc2)cc1)c1cnc2[nH]ncc2c1. The second-order valence-electron chi connectivity index (χ2n) is 8.20. The van der Waals surface area contributed by atoms with E-state index in [0.717, 1.165) is 29.7 Å². The van der Waals surface area contributed by atoms with Crippen LogP contribution in [0, 0.1) is 0 Å². The van der Waals surface area contributed by atoms with Crippen molar-refractivity contribution in [3.05, 3.63) is 78.1 Å². The van der Waals surface area contributed by atoms with Gasteiger partial charge < -0.3 is 9.64 Å². The molecule has 0 atom stereocenters. The summed E-state index contributed by atoms with van der Waals surface area (Å²) in [6, 6.07) is 15.5. The Hall–Kier alpha value is -3.56. The van der Waals surface area contributed by atoms with E-state index in [-0.39, 0.29) is 15.6 Å². The smallest absolute Gasteiger partial charge is 0.206 e. The van der Waals surface area contributed by atoms with Crippen molar-refractivity contribution in [2.75, 3.05) is 31.2 Å². The first kappa shape index (κ1) is 22.2. The number of pyridine rings is 1. The van der Waals surface area contributed by atoms with Gasteiger partial charge in [0.1, 0.15) is 0 Å². The zero-order valence-electron chi connectivity index (χ0n) is 18.5. The largest absolute Gasteiger partial charge is 0.378 e. The van der Waals surface area contributed by atoms with Crippen molar-refractivity contribution in [2.24, 2.45) is 0 Å². The fraction of sp³-hybridized carbons (Fsp3) is 0.240. The number of fused-ring (bicyclic) bond motifs is 1. The number of sulfone groups is 1. The van der Waals surface area contributed by atoms with Gasteiger partial charge in [-0.3, -0.25) is 9.89 Å². The fourth-order valence-corrected chi connectivity index (χ4v) is 5.28. The van der Waals surface area contributed by atoms with E-state index in [1.165, 1.54) is 0 Å². The number of hydrogen-bond donors (Lipinski definition) is 1. The van der Waals surface area contributed by atoms with Crippen LogP contribution in [0.15, 0.2) is 76.8 Å². The predicted molar refractivity (Wildman–Crippen MR) is 128 cm³/mol. The molecule has 1 N–H and O–H groups in total. The highest BCUT2D eigenvalue weighted by molar-refractivity contribution is 7.91. The highest BCUT2D eigenvalue weighted by atomic mass is 32.2. The van der Waals surface area contributed by atoms with Gasteiger partial charge in [0.15, 0.2) is 11.4 Å². The van der Waals surface area contributed by atoms with Gasteiger partial charge in [0.2, 0.25) is 9.84 Å². The Labute approximate surface area is 197 Å². The van der Waals surface area contributed by atoms with Gasteiger partial charge in [-0.05, 0) is 54.4 Å². The summed E-state index contributed by atoms with van der Waals surface area (Å²) in [6.45, 7) is 2.94. The summed E-state index contributed by atoms with van der Waals surface area (Å²) in [6.07, 6.45) is 3.99. The van der Waals surface area contributed by atoms with E-state index in [1.807, 2.05) is 12.1 Å². The van der Waals surface area contributed by atoms with Crippen LogP contribution < -0.4 is 4.90 Å². The molecule has 1 fully saturated rings. The molecule has 9 heteroatoms. The molecule has 0 aliphatic carbocycles. The van der Waals surface area contributed by atoms with Gasteiger partial charge in [-0.25, -0.2) is 13.4 Å². The van der Waals surface area contributed by atoms with Gasteiger partial charge in [0.05, 0.1) is 29.2 Å². The molecule has 0 spiro atoms. The minimum absolute atomic E-state index is 0.0207. The lowest BCUT2D eigenvalue weighted by molar-refractivity contribution is 0.0982. The number of aromatic amines is 1. The second-order valence-corrected chi connectivity index (χ2v) is 10.1. The minimum Gasteiger partial charge on any atom is -0.378 e. The fourth-order valence-electron chi connectivity index (χ4n) is 4.02. The lowest BCUT2D eigenvalue weighted by atomic mass is 10.0. The molecular formula is C25H24N4O4S. The molecule has 0 radical (unpaired) electrons. The number of hydrogen-bond acceptors (Lipinski definition) is 7. The number of nitrogens with one attached hydrogen (secondary N) is 1. The van der Waals surface area contributed by atoms with E-state index in [1.54, 1.807) is 54.9 Å². The van der Waals surface area contributed by atoms with Crippen LogP contribution in [-0.2, 0) is 21.0 Å².